The lowest BCUT2D eigenvalue weighted by Crippen LogP contribution is -2.34. The first-order chi connectivity index (χ1) is 10.1. The molecule has 116 valence electrons. The highest BCUT2D eigenvalue weighted by molar-refractivity contribution is 6.32. The van der Waals surface area contributed by atoms with E-state index in [0.29, 0.717) is 11.6 Å². The third-order valence-corrected chi connectivity index (χ3v) is 3.84. The third kappa shape index (κ3) is 4.18. The van der Waals surface area contributed by atoms with Crippen molar-refractivity contribution in [3.05, 3.63) is 21.6 Å². The summed E-state index contributed by atoms with van der Waals surface area (Å²) < 4.78 is 5.49. The van der Waals surface area contributed by atoms with Gasteiger partial charge in [0, 0.05) is 6.54 Å². The monoisotopic (exact) mass is 314 g/mol. The summed E-state index contributed by atoms with van der Waals surface area (Å²) >= 11 is 6.04. The molecular formula is C13H19ClN4O3. The molecule has 21 heavy (non-hydrogen) atoms. The molecule has 1 aromatic heterocycles. The molecule has 2 rings (SSSR count). The summed E-state index contributed by atoms with van der Waals surface area (Å²) in [5.74, 6) is -0.0398. The van der Waals surface area contributed by atoms with E-state index in [9.17, 15) is 9.59 Å². The second-order valence-electron chi connectivity index (χ2n) is 5.00. The molecule has 1 aliphatic rings. The van der Waals surface area contributed by atoms with Crippen molar-refractivity contribution in [2.24, 2.45) is 5.92 Å². The number of carbonyl (C=O) groups excluding carboxylic acids is 1. The molecule has 0 bridgehead atoms. The minimum absolute atomic E-state index is 0.0395. The molecule has 0 saturated carbocycles. The molecule has 2 heterocycles. The molecule has 8 heteroatoms. The minimum Gasteiger partial charge on any atom is -0.468 e. The number of carbonyl (C=O) groups is 1. The van der Waals surface area contributed by atoms with Crippen LogP contribution in [0.15, 0.2) is 11.0 Å². The van der Waals surface area contributed by atoms with Crippen molar-refractivity contribution in [2.75, 3.05) is 32.1 Å². The van der Waals surface area contributed by atoms with Gasteiger partial charge in [0.05, 0.1) is 19.0 Å². The second kappa shape index (κ2) is 7.42. The van der Waals surface area contributed by atoms with E-state index in [1.807, 2.05) is 0 Å². The molecule has 1 aromatic rings. The Hall–Kier alpha value is -1.60. The first-order valence-electron chi connectivity index (χ1n) is 6.89. The maximum Gasteiger partial charge on any atom is 0.327 e. The maximum atomic E-state index is 12.0. The van der Waals surface area contributed by atoms with Crippen molar-refractivity contribution in [3.8, 4) is 0 Å². The van der Waals surface area contributed by atoms with Gasteiger partial charge in [0.15, 0.2) is 0 Å². The molecule has 1 fully saturated rings. The summed E-state index contributed by atoms with van der Waals surface area (Å²) in [7, 11) is 1.25. The number of rotatable bonds is 5. The van der Waals surface area contributed by atoms with Gasteiger partial charge in [-0.05, 0) is 31.8 Å². The predicted molar refractivity (Wildman–Crippen MR) is 79.6 cm³/mol. The number of esters is 1. The molecule has 0 aromatic carbocycles. The SMILES string of the molecule is COC(=O)Cn1ncc(NCC2CCCNC2)c(Cl)c1=O. The fourth-order valence-electron chi connectivity index (χ4n) is 2.24. The lowest BCUT2D eigenvalue weighted by molar-refractivity contribution is -0.141. The number of hydrogen-bond acceptors (Lipinski definition) is 6. The Morgan fingerprint density at radius 2 is 2.48 bits per heavy atom. The Kier molecular flexibility index (Phi) is 5.58. The zero-order chi connectivity index (χ0) is 15.2. The largest absolute Gasteiger partial charge is 0.468 e. The van der Waals surface area contributed by atoms with Crippen LogP contribution in [-0.2, 0) is 16.1 Å². The third-order valence-electron chi connectivity index (χ3n) is 3.47. The molecule has 0 aliphatic carbocycles. The number of piperidine rings is 1. The lowest BCUT2D eigenvalue weighted by Gasteiger charge is -2.23. The van der Waals surface area contributed by atoms with Gasteiger partial charge in [-0.15, -0.1) is 0 Å². The highest BCUT2D eigenvalue weighted by Gasteiger charge is 2.15. The standard InChI is InChI=1S/C13H19ClN4O3/c1-21-11(19)8-18-13(20)12(14)10(7-17-18)16-6-9-3-2-4-15-5-9/h7,9,15-16H,2-6,8H2,1H3. The zero-order valence-corrected chi connectivity index (χ0v) is 12.7. The van der Waals surface area contributed by atoms with E-state index in [-0.39, 0.29) is 11.6 Å². The van der Waals surface area contributed by atoms with Crippen molar-refractivity contribution in [1.29, 1.82) is 0 Å². The molecule has 2 N–H and O–H groups in total. The van der Waals surface area contributed by atoms with Gasteiger partial charge in [-0.25, -0.2) is 4.68 Å². The summed E-state index contributed by atoms with van der Waals surface area (Å²) in [6, 6.07) is 0. The van der Waals surface area contributed by atoms with Gasteiger partial charge in [0.25, 0.3) is 5.56 Å². The van der Waals surface area contributed by atoms with Gasteiger partial charge >= 0.3 is 5.97 Å². The van der Waals surface area contributed by atoms with E-state index in [0.717, 1.165) is 37.2 Å². The van der Waals surface area contributed by atoms with Crippen molar-refractivity contribution in [2.45, 2.75) is 19.4 Å². The van der Waals surface area contributed by atoms with Crippen LogP contribution in [0.4, 0.5) is 5.69 Å². The smallest absolute Gasteiger partial charge is 0.327 e. The summed E-state index contributed by atoms with van der Waals surface area (Å²) in [6.07, 6.45) is 3.76. The molecule has 1 atom stereocenters. The van der Waals surface area contributed by atoms with Crippen LogP contribution in [0.3, 0.4) is 0 Å². The number of nitrogens with one attached hydrogen (secondary N) is 2. The summed E-state index contributed by atoms with van der Waals surface area (Å²) in [4.78, 5) is 23.2. The van der Waals surface area contributed by atoms with Crippen LogP contribution in [0.25, 0.3) is 0 Å². The minimum atomic E-state index is -0.547. The maximum absolute atomic E-state index is 12.0. The summed E-state index contributed by atoms with van der Waals surface area (Å²) in [5, 5.41) is 10.5. The molecule has 0 spiro atoms. The van der Waals surface area contributed by atoms with Crippen molar-refractivity contribution < 1.29 is 9.53 Å². The highest BCUT2D eigenvalue weighted by Crippen LogP contribution is 2.17. The fourth-order valence-corrected chi connectivity index (χ4v) is 2.45. The normalized spacial score (nSPS) is 18.3. The van der Waals surface area contributed by atoms with Crippen LogP contribution >= 0.6 is 11.6 Å². The quantitative estimate of drug-likeness (QED) is 0.769. The van der Waals surface area contributed by atoms with Crippen LogP contribution < -0.4 is 16.2 Å². The molecular weight excluding hydrogens is 296 g/mol. The van der Waals surface area contributed by atoms with Crippen LogP contribution in [0.5, 0.6) is 0 Å². The average Bonchev–Trinajstić information content (AvgIpc) is 2.52. The van der Waals surface area contributed by atoms with E-state index in [1.54, 1.807) is 0 Å². The van der Waals surface area contributed by atoms with Gasteiger partial charge in [-0.1, -0.05) is 11.6 Å². The van der Waals surface area contributed by atoms with E-state index in [2.05, 4.69) is 20.5 Å². The second-order valence-corrected chi connectivity index (χ2v) is 5.38. The van der Waals surface area contributed by atoms with Crippen LogP contribution in [0.1, 0.15) is 12.8 Å². The molecule has 0 amide bonds. The van der Waals surface area contributed by atoms with E-state index >= 15 is 0 Å². The van der Waals surface area contributed by atoms with Crippen LogP contribution in [-0.4, -0.2) is 42.5 Å². The van der Waals surface area contributed by atoms with Crippen molar-refractivity contribution in [1.82, 2.24) is 15.1 Å². The number of anilines is 1. The molecule has 1 unspecified atom stereocenters. The van der Waals surface area contributed by atoms with E-state index in [1.165, 1.54) is 13.3 Å². The van der Waals surface area contributed by atoms with Crippen molar-refractivity contribution >= 4 is 23.3 Å². The fraction of sp³-hybridized carbons (Fsp3) is 0.615. The van der Waals surface area contributed by atoms with Crippen molar-refractivity contribution in [3.63, 3.8) is 0 Å². The first-order valence-corrected chi connectivity index (χ1v) is 7.26. The number of ether oxygens (including phenoxy) is 1. The summed E-state index contributed by atoms with van der Waals surface area (Å²) in [6.45, 7) is 2.50. The Bertz CT molecular complexity index is 555. The van der Waals surface area contributed by atoms with Crippen LogP contribution in [0, 0.1) is 5.92 Å². The molecule has 1 saturated heterocycles. The van der Waals surface area contributed by atoms with Gasteiger partial charge < -0.3 is 15.4 Å². The number of aromatic nitrogens is 2. The van der Waals surface area contributed by atoms with Gasteiger partial charge in [-0.3, -0.25) is 9.59 Å². The Morgan fingerprint density at radius 1 is 1.67 bits per heavy atom. The Balaban J connectivity index is 2.02. The predicted octanol–water partition coefficient (Wildman–Crippen LogP) is 0.481. The van der Waals surface area contributed by atoms with E-state index < -0.39 is 11.5 Å². The summed E-state index contributed by atoms with van der Waals surface area (Å²) in [5.41, 5.74) is -0.0119. The number of nitrogens with zero attached hydrogens (tertiary/aromatic N) is 2. The number of hydrogen-bond donors (Lipinski definition) is 2. The van der Waals surface area contributed by atoms with E-state index in [4.69, 9.17) is 11.6 Å². The van der Waals surface area contributed by atoms with Gasteiger partial charge in [0.1, 0.15) is 11.6 Å². The first kappa shape index (κ1) is 15.8. The highest BCUT2D eigenvalue weighted by atomic mass is 35.5. The number of halogens is 1. The molecule has 0 radical (unpaired) electrons. The average molecular weight is 315 g/mol. The topological polar surface area (TPSA) is 85.2 Å². The Morgan fingerprint density at radius 3 is 3.14 bits per heavy atom. The Labute approximate surface area is 127 Å². The molecule has 7 nitrogen and oxygen atoms in total. The van der Waals surface area contributed by atoms with Gasteiger partial charge in [0.2, 0.25) is 0 Å². The lowest BCUT2D eigenvalue weighted by atomic mass is 10.00. The zero-order valence-electron chi connectivity index (χ0n) is 11.9. The van der Waals surface area contributed by atoms with Crippen LogP contribution in [0.2, 0.25) is 5.02 Å². The van der Waals surface area contributed by atoms with Gasteiger partial charge in [-0.2, -0.15) is 5.10 Å². The number of methoxy groups -OCH3 is 1. The molecule has 1 aliphatic heterocycles.